The second-order valence-corrected chi connectivity index (χ2v) is 6.65. The minimum atomic E-state index is -0.766. The Morgan fingerprint density at radius 1 is 1.44 bits per heavy atom. The predicted molar refractivity (Wildman–Crippen MR) is 70.2 cm³/mol. The van der Waals surface area contributed by atoms with E-state index in [1.165, 1.54) is 0 Å². The Kier molecular flexibility index (Phi) is 3.30. The lowest BCUT2D eigenvalue weighted by Gasteiger charge is -2.40. The maximum Gasteiger partial charge on any atom is 0.331 e. The van der Waals surface area contributed by atoms with Crippen LogP contribution in [-0.4, -0.2) is 21.8 Å². The molecule has 0 radical (unpaired) electrons. The van der Waals surface area contributed by atoms with Crippen molar-refractivity contribution in [1.29, 1.82) is 0 Å². The Labute approximate surface area is 109 Å². The van der Waals surface area contributed by atoms with Gasteiger partial charge in [-0.25, -0.2) is 4.79 Å². The van der Waals surface area contributed by atoms with Crippen LogP contribution in [0.2, 0.25) is 0 Å². The van der Waals surface area contributed by atoms with E-state index in [4.69, 9.17) is 0 Å². The van der Waals surface area contributed by atoms with Crippen LogP contribution in [0.4, 0.5) is 0 Å². The lowest BCUT2D eigenvalue weighted by Crippen LogP contribution is -2.37. The molecule has 2 rings (SSSR count). The van der Waals surface area contributed by atoms with Gasteiger partial charge < -0.3 is 10.2 Å². The number of rotatable bonds is 2. The van der Waals surface area contributed by atoms with Crippen molar-refractivity contribution in [3.8, 4) is 0 Å². The zero-order valence-corrected chi connectivity index (χ0v) is 11.6. The van der Waals surface area contributed by atoms with Gasteiger partial charge in [-0.05, 0) is 57.8 Å². The summed E-state index contributed by atoms with van der Waals surface area (Å²) >= 11 is 0. The zero-order chi connectivity index (χ0) is 13.6. The quantitative estimate of drug-likeness (QED) is 0.794. The van der Waals surface area contributed by atoms with E-state index in [1.54, 1.807) is 0 Å². The van der Waals surface area contributed by atoms with Crippen LogP contribution in [0.5, 0.6) is 0 Å². The van der Waals surface area contributed by atoms with Gasteiger partial charge in [0.1, 0.15) is 0 Å². The molecule has 0 aromatic rings. The molecule has 1 spiro atoms. The van der Waals surface area contributed by atoms with E-state index in [1.807, 2.05) is 19.9 Å². The Balaban J connectivity index is 2.32. The van der Waals surface area contributed by atoms with Crippen molar-refractivity contribution >= 4 is 5.97 Å². The van der Waals surface area contributed by atoms with Crippen molar-refractivity contribution in [2.75, 3.05) is 0 Å². The van der Waals surface area contributed by atoms with Crippen LogP contribution in [0, 0.1) is 17.3 Å². The summed E-state index contributed by atoms with van der Waals surface area (Å²) < 4.78 is 0. The molecule has 2 N–H and O–H groups in total. The van der Waals surface area contributed by atoms with Gasteiger partial charge in [0.15, 0.2) is 0 Å². The fraction of sp³-hybridized carbons (Fsp3) is 0.800. The van der Waals surface area contributed by atoms with Crippen molar-refractivity contribution in [3.63, 3.8) is 0 Å². The first-order chi connectivity index (χ1) is 8.27. The van der Waals surface area contributed by atoms with Gasteiger partial charge in [0.25, 0.3) is 0 Å². The predicted octanol–water partition coefficient (Wildman–Crippen LogP) is 2.98. The third-order valence-corrected chi connectivity index (χ3v) is 5.21. The monoisotopic (exact) mass is 252 g/mol. The van der Waals surface area contributed by atoms with Gasteiger partial charge in [-0.3, -0.25) is 0 Å². The number of aliphatic hydroxyl groups is 1. The third-order valence-electron chi connectivity index (χ3n) is 5.21. The molecule has 0 aromatic heterocycles. The Morgan fingerprint density at radius 3 is 2.61 bits per heavy atom. The minimum Gasteiger partial charge on any atom is -0.478 e. The smallest absolute Gasteiger partial charge is 0.331 e. The summed E-state index contributed by atoms with van der Waals surface area (Å²) in [7, 11) is 0. The molecule has 102 valence electrons. The summed E-state index contributed by atoms with van der Waals surface area (Å²) in [5.41, 5.74) is -0.299. The highest BCUT2D eigenvalue weighted by Crippen LogP contribution is 2.57. The third kappa shape index (κ3) is 2.09. The number of hydrogen-bond acceptors (Lipinski definition) is 2. The molecular weight excluding hydrogens is 228 g/mol. The van der Waals surface area contributed by atoms with E-state index in [9.17, 15) is 15.0 Å². The molecule has 0 aromatic carbocycles. The fourth-order valence-corrected chi connectivity index (χ4v) is 3.89. The average molecular weight is 252 g/mol. The highest BCUT2D eigenvalue weighted by molar-refractivity contribution is 5.88. The van der Waals surface area contributed by atoms with Crippen LogP contribution >= 0.6 is 0 Å². The molecule has 1 saturated carbocycles. The molecular formula is C15H24O3. The van der Waals surface area contributed by atoms with Crippen molar-refractivity contribution in [1.82, 2.24) is 0 Å². The van der Waals surface area contributed by atoms with E-state index < -0.39 is 11.6 Å². The van der Waals surface area contributed by atoms with Gasteiger partial charge in [0.2, 0.25) is 0 Å². The summed E-state index contributed by atoms with van der Waals surface area (Å²) in [5, 5.41) is 19.6. The Bertz CT molecular complexity index is 378. The number of aliphatic carboxylic acids is 1. The lowest BCUT2D eigenvalue weighted by atomic mass is 9.64. The first-order valence-electron chi connectivity index (χ1n) is 6.93. The maximum absolute atomic E-state index is 11.5. The van der Waals surface area contributed by atoms with Crippen molar-refractivity contribution in [2.45, 2.75) is 58.5 Å². The second kappa shape index (κ2) is 4.37. The molecule has 0 amide bonds. The van der Waals surface area contributed by atoms with E-state index in [2.05, 4.69) is 6.92 Å². The molecule has 18 heavy (non-hydrogen) atoms. The van der Waals surface area contributed by atoms with E-state index >= 15 is 0 Å². The minimum absolute atomic E-state index is 0.200. The number of carbonyl (C=O) groups is 1. The zero-order valence-electron chi connectivity index (χ0n) is 11.6. The Morgan fingerprint density at radius 2 is 2.11 bits per heavy atom. The number of hydrogen-bond donors (Lipinski definition) is 2. The molecule has 0 heterocycles. The van der Waals surface area contributed by atoms with Crippen molar-refractivity contribution < 1.29 is 15.0 Å². The van der Waals surface area contributed by atoms with Crippen LogP contribution in [0.1, 0.15) is 52.9 Å². The topological polar surface area (TPSA) is 57.5 Å². The fourth-order valence-electron chi connectivity index (χ4n) is 3.89. The highest BCUT2D eigenvalue weighted by Gasteiger charge is 2.51. The molecule has 0 saturated heterocycles. The molecule has 2 aliphatic carbocycles. The van der Waals surface area contributed by atoms with E-state index in [-0.39, 0.29) is 11.3 Å². The molecule has 3 atom stereocenters. The molecule has 2 aliphatic rings. The van der Waals surface area contributed by atoms with Gasteiger partial charge in [-0.15, -0.1) is 0 Å². The van der Waals surface area contributed by atoms with Gasteiger partial charge >= 0.3 is 5.97 Å². The maximum atomic E-state index is 11.5. The molecule has 3 heteroatoms. The Hall–Kier alpha value is -0.830. The average Bonchev–Trinajstić information content (AvgIpc) is 2.67. The molecule has 3 nitrogen and oxygen atoms in total. The van der Waals surface area contributed by atoms with Gasteiger partial charge in [-0.2, -0.15) is 0 Å². The van der Waals surface area contributed by atoms with Gasteiger partial charge in [0.05, 0.1) is 5.60 Å². The summed E-state index contributed by atoms with van der Waals surface area (Å²) in [4.78, 5) is 11.5. The summed E-state index contributed by atoms with van der Waals surface area (Å²) in [5.74, 6) is -0.153. The first kappa shape index (κ1) is 13.6. The van der Waals surface area contributed by atoms with Crippen LogP contribution in [-0.2, 0) is 4.79 Å². The van der Waals surface area contributed by atoms with Crippen LogP contribution < -0.4 is 0 Å². The molecule has 1 fully saturated rings. The summed E-state index contributed by atoms with van der Waals surface area (Å²) in [6.07, 6.45) is 6.50. The van der Waals surface area contributed by atoms with Crippen LogP contribution in [0.15, 0.2) is 11.6 Å². The van der Waals surface area contributed by atoms with Crippen molar-refractivity contribution in [3.05, 3.63) is 11.6 Å². The first-order valence-corrected chi connectivity index (χ1v) is 6.93. The van der Waals surface area contributed by atoms with E-state index in [0.29, 0.717) is 11.5 Å². The largest absolute Gasteiger partial charge is 0.478 e. The van der Waals surface area contributed by atoms with E-state index in [0.717, 1.165) is 32.1 Å². The number of allylic oxidation sites excluding steroid dienone is 1. The number of carboxylic acids is 1. The van der Waals surface area contributed by atoms with Crippen molar-refractivity contribution in [2.24, 2.45) is 17.3 Å². The molecule has 0 bridgehead atoms. The highest BCUT2D eigenvalue weighted by atomic mass is 16.4. The summed E-state index contributed by atoms with van der Waals surface area (Å²) in [6.45, 7) is 5.85. The van der Waals surface area contributed by atoms with Gasteiger partial charge in [-0.1, -0.05) is 13.0 Å². The second-order valence-electron chi connectivity index (χ2n) is 6.65. The lowest BCUT2D eigenvalue weighted by molar-refractivity contribution is -0.134. The van der Waals surface area contributed by atoms with Crippen LogP contribution in [0.3, 0.4) is 0 Å². The standard InChI is InChI=1S/C15H24O3/c1-10-5-4-6-12(13(16)17)15(10)8-7-11(9-15)14(2,3)18/h6,10-11,18H,4-5,7-9H2,1-3H3,(H,16,17)/t10-,11-,15-/m1/s1. The molecule has 0 aliphatic heterocycles. The van der Waals surface area contributed by atoms with Crippen LogP contribution in [0.25, 0.3) is 0 Å². The number of carboxylic acid groups (broad SMARTS) is 1. The summed E-state index contributed by atoms with van der Waals surface area (Å²) in [6, 6.07) is 0. The molecule has 0 unspecified atom stereocenters. The van der Waals surface area contributed by atoms with Gasteiger partial charge in [0, 0.05) is 11.0 Å². The normalized spacial score (nSPS) is 36.8. The SMILES string of the molecule is C[C@@H]1CCC=C(C(=O)O)[C@@]12CC[C@@H](C(C)(C)O)C2.